The molecule has 21 heavy (non-hydrogen) atoms. The molecule has 0 fully saturated rings. The van der Waals surface area contributed by atoms with Crippen LogP contribution in [0.2, 0.25) is 0 Å². The number of primary sulfonamides is 1. The molecular weight excluding hydrogens is 359 g/mol. The fourth-order valence-electron chi connectivity index (χ4n) is 1.88. The molecule has 0 aliphatic carbocycles. The first kappa shape index (κ1) is 15.9. The van der Waals surface area contributed by atoms with Crippen LogP contribution in [0.3, 0.4) is 0 Å². The first-order valence-electron chi connectivity index (χ1n) is 6.12. The van der Waals surface area contributed by atoms with Gasteiger partial charge in [-0.05, 0) is 58.7 Å². The molecule has 0 aliphatic heterocycles. The van der Waals surface area contributed by atoms with Crippen molar-refractivity contribution >= 4 is 31.6 Å². The second-order valence-corrected chi connectivity index (χ2v) is 7.02. The molecule has 7 heteroatoms. The molecule has 0 saturated heterocycles. The van der Waals surface area contributed by atoms with Crippen LogP contribution in [0.1, 0.15) is 18.5 Å². The molecule has 4 nitrogen and oxygen atoms in total. The van der Waals surface area contributed by atoms with Crippen molar-refractivity contribution in [2.45, 2.75) is 17.9 Å². The minimum absolute atomic E-state index is 0.0619. The van der Waals surface area contributed by atoms with E-state index in [1.807, 2.05) is 6.92 Å². The van der Waals surface area contributed by atoms with Crippen molar-refractivity contribution in [3.8, 4) is 0 Å². The summed E-state index contributed by atoms with van der Waals surface area (Å²) in [7, 11) is -3.73. The maximum absolute atomic E-state index is 13.1. The molecular formula is C14H14BrFN2O2S. The number of rotatable bonds is 4. The van der Waals surface area contributed by atoms with Gasteiger partial charge in [0, 0.05) is 16.2 Å². The topological polar surface area (TPSA) is 72.2 Å². The maximum Gasteiger partial charge on any atom is 0.238 e. The third-order valence-electron chi connectivity index (χ3n) is 2.99. The summed E-state index contributed by atoms with van der Waals surface area (Å²) in [6.45, 7) is 1.87. The molecule has 2 rings (SSSR count). The van der Waals surface area contributed by atoms with Gasteiger partial charge in [0.2, 0.25) is 10.0 Å². The van der Waals surface area contributed by atoms with E-state index in [0.29, 0.717) is 10.2 Å². The number of halogens is 2. The van der Waals surface area contributed by atoms with E-state index in [1.54, 1.807) is 18.2 Å². The van der Waals surface area contributed by atoms with Crippen LogP contribution in [0.25, 0.3) is 0 Å². The van der Waals surface area contributed by atoms with Crippen LogP contribution >= 0.6 is 15.9 Å². The Morgan fingerprint density at radius 1 is 1.24 bits per heavy atom. The van der Waals surface area contributed by atoms with Gasteiger partial charge in [0.15, 0.2) is 0 Å². The Balaban J connectivity index is 2.26. The summed E-state index contributed by atoms with van der Waals surface area (Å²) in [5.74, 6) is -0.337. The minimum Gasteiger partial charge on any atom is -0.378 e. The Hall–Kier alpha value is -1.44. The van der Waals surface area contributed by atoms with Gasteiger partial charge >= 0.3 is 0 Å². The van der Waals surface area contributed by atoms with Gasteiger partial charge in [0.25, 0.3) is 0 Å². The van der Waals surface area contributed by atoms with E-state index < -0.39 is 10.0 Å². The summed E-state index contributed by atoms with van der Waals surface area (Å²) >= 11 is 3.28. The molecule has 1 unspecified atom stereocenters. The molecule has 3 N–H and O–H groups in total. The van der Waals surface area contributed by atoms with Gasteiger partial charge in [-0.3, -0.25) is 0 Å². The second kappa shape index (κ2) is 6.13. The van der Waals surface area contributed by atoms with Crippen LogP contribution in [0.5, 0.6) is 0 Å². The van der Waals surface area contributed by atoms with Crippen molar-refractivity contribution in [1.29, 1.82) is 0 Å². The highest BCUT2D eigenvalue weighted by Gasteiger charge is 2.12. The third kappa shape index (κ3) is 4.03. The standard InChI is InChI=1S/C14H14BrFN2O2S/c1-9(18-14-6-5-11(16)8-13(14)15)10-3-2-4-12(7-10)21(17,19)20/h2-9,18H,1H3,(H2,17,19,20). The molecule has 112 valence electrons. The molecule has 0 amide bonds. The third-order valence-corrected chi connectivity index (χ3v) is 4.56. The maximum atomic E-state index is 13.1. The average Bonchev–Trinajstić information content (AvgIpc) is 2.41. The molecule has 0 aliphatic rings. The van der Waals surface area contributed by atoms with Gasteiger partial charge in [-0.25, -0.2) is 17.9 Å². The van der Waals surface area contributed by atoms with Crippen LogP contribution in [-0.4, -0.2) is 8.42 Å². The predicted octanol–water partition coefficient (Wildman–Crippen LogP) is 3.41. The highest BCUT2D eigenvalue weighted by molar-refractivity contribution is 9.10. The summed E-state index contributed by atoms with van der Waals surface area (Å²) in [5.41, 5.74) is 1.47. The Labute approximate surface area is 131 Å². The number of nitrogens with one attached hydrogen (secondary N) is 1. The van der Waals surface area contributed by atoms with E-state index in [-0.39, 0.29) is 16.8 Å². The molecule has 0 bridgehead atoms. The van der Waals surface area contributed by atoms with Crippen molar-refractivity contribution in [3.63, 3.8) is 0 Å². The first-order chi connectivity index (χ1) is 9.77. The van der Waals surface area contributed by atoms with Gasteiger partial charge in [-0.15, -0.1) is 0 Å². The lowest BCUT2D eigenvalue weighted by Gasteiger charge is -2.17. The molecule has 0 saturated carbocycles. The molecule has 2 aromatic rings. The van der Waals surface area contributed by atoms with Crippen LogP contribution in [-0.2, 0) is 10.0 Å². The first-order valence-corrected chi connectivity index (χ1v) is 8.45. The summed E-state index contributed by atoms with van der Waals surface area (Å²) in [6, 6.07) is 10.5. The van der Waals surface area contributed by atoms with E-state index in [1.165, 1.54) is 24.3 Å². The molecule has 0 heterocycles. The number of nitrogens with two attached hydrogens (primary N) is 1. The number of anilines is 1. The summed E-state index contributed by atoms with van der Waals surface area (Å²) in [5, 5.41) is 8.30. The largest absolute Gasteiger partial charge is 0.378 e. The average molecular weight is 373 g/mol. The van der Waals surface area contributed by atoms with E-state index in [4.69, 9.17) is 5.14 Å². The summed E-state index contributed by atoms with van der Waals surface area (Å²) in [6.07, 6.45) is 0. The normalized spacial score (nSPS) is 13.0. The second-order valence-electron chi connectivity index (χ2n) is 4.61. The fourth-order valence-corrected chi connectivity index (χ4v) is 2.92. The predicted molar refractivity (Wildman–Crippen MR) is 84.0 cm³/mol. The lowest BCUT2D eigenvalue weighted by molar-refractivity contribution is 0.597. The molecule has 0 spiro atoms. The lowest BCUT2D eigenvalue weighted by Crippen LogP contribution is -2.13. The van der Waals surface area contributed by atoms with Gasteiger partial charge in [-0.1, -0.05) is 12.1 Å². The van der Waals surface area contributed by atoms with Crippen LogP contribution in [0.4, 0.5) is 10.1 Å². The lowest BCUT2D eigenvalue weighted by atomic mass is 10.1. The summed E-state index contributed by atoms with van der Waals surface area (Å²) in [4.78, 5) is 0.0619. The zero-order chi connectivity index (χ0) is 15.6. The van der Waals surface area contributed by atoms with Crippen molar-refractivity contribution in [1.82, 2.24) is 0 Å². The number of hydrogen-bond donors (Lipinski definition) is 2. The Morgan fingerprint density at radius 2 is 1.95 bits per heavy atom. The Bertz CT molecular complexity index is 765. The highest BCUT2D eigenvalue weighted by Crippen LogP contribution is 2.27. The number of sulfonamides is 1. The van der Waals surface area contributed by atoms with Crippen molar-refractivity contribution in [2.24, 2.45) is 5.14 Å². The minimum atomic E-state index is -3.73. The van der Waals surface area contributed by atoms with Gasteiger partial charge < -0.3 is 5.32 Å². The fraction of sp³-hybridized carbons (Fsp3) is 0.143. The van der Waals surface area contributed by atoms with Gasteiger partial charge in [-0.2, -0.15) is 0 Å². The molecule has 0 aromatic heterocycles. The number of hydrogen-bond acceptors (Lipinski definition) is 3. The zero-order valence-corrected chi connectivity index (χ0v) is 13.6. The van der Waals surface area contributed by atoms with Crippen LogP contribution < -0.4 is 10.5 Å². The van der Waals surface area contributed by atoms with Gasteiger partial charge in [0.05, 0.1) is 4.90 Å². The van der Waals surface area contributed by atoms with E-state index in [0.717, 1.165) is 5.56 Å². The SMILES string of the molecule is CC(Nc1ccc(F)cc1Br)c1cccc(S(N)(=O)=O)c1. The molecule has 0 radical (unpaired) electrons. The highest BCUT2D eigenvalue weighted by atomic mass is 79.9. The Kier molecular flexibility index (Phi) is 4.65. The molecule has 2 aromatic carbocycles. The van der Waals surface area contributed by atoms with Crippen LogP contribution in [0.15, 0.2) is 51.8 Å². The Morgan fingerprint density at radius 3 is 2.57 bits per heavy atom. The van der Waals surface area contributed by atoms with Crippen molar-refractivity contribution < 1.29 is 12.8 Å². The van der Waals surface area contributed by atoms with Crippen LogP contribution in [0, 0.1) is 5.82 Å². The molecule has 1 atom stereocenters. The van der Waals surface area contributed by atoms with E-state index >= 15 is 0 Å². The van der Waals surface area contributed by atoms with E-state index in [2.05, 4.69) is 21.2 Å². The summed E-state index contributed by atoms with van der Waals surface area (Å²) < 4.78 is 36.4. The van der Waals surface area contributed by atoms with E-state index in [9.17, 15) is 12.8 Å². The smallest absolute Gasteiger partial charge is 0.238 e. The zero-order valence-electron chi connectivity index (χ0n) is 11.2. The quantitative estimate of drug-likeness (QED) is 0.863. The monoisotopic (exact) mass is 372 g/mol. The van der Waals surface area contributed by atoms with Crippen molar-refractivity contribution in [2.75, 3.05) is 5.32 Å². The van der Waals surface area contributed by atoms with Crippen molar-refractivity contribution in [3.05, 3.63) is 58.3 Å². The number of benzene rings is 2. The van der Waals surface area contributed by atoms with Gasteiger partial charge in [0.1, 0.15) is 5.82 Å².